The molecule has 0 aliphatic heterocycles. The molecule has 0 saturated heterocycles. The topological polar surface area (TPSA) is 98.1 Å². The van der Waals surface area contributed by atoms with E-state index in [9.17, 15) is 8.42 Å². The summed E-state index contributed by atoms with van der Waals surface area (Å²) in [7, 11) is -3.76. The number of H-pyrrole nitrogens is 1. The van der Waals surface area contributed by atoms with Crippen LogP contribution in [0.15, 0.2) is 70.6 Å². The minimum atomic E-state index is -3.76. The molecule has 132 valence electrons. The summed E-state index contributed by atoms with van der Waals surface area (Å²) in [5.74, 6) is 0.601. The van der Waals surface area contributed by atoms with E-state index >= 15 is 0 Å². The van der Waals surface area contributed by atoms with Crippen molar-refractivity contribution in [1.29, 1.82) is 0 Å². The number of nitrogens with two attached hydrogens (primary N) is 1. The summed E-state index contributed by atoms with van der Waals surface area (Å²) in [4.78, 5) is 0.254. The number of fused-ring (bicyclic) bond motifs is 2. The molecule has 0 aliphatic rings. The van der Waals surface area contributed by atoms with Crippen molar-refractivity contribution in [1.82, 2.24) is 10.2 Å². The third-order valence-electron chi connectivity index (χ3n) is 4.19. The van der Waals surface area contributed by atoms with Gasteiger partial charge in [-0.2, -0.15) is 5.10 Å². The van der Waals surface area contributed by atoms with Crippen LogP contribution >= 0.6 is 0 Å². The molecule has 4 aromatic rings. The SMILES string of the molecule is NCCOc1ccc2c(S(=O)(=O)c3cccc4ccccc34)[nH]nc2c1. The molecular formula is C19H17N3O3S. The number of rotatable bonds is 5. The van der Waals surface area contributed by atoms with E-state index in [-0.39, 0.29) is 9.92 Å². The Labute approximate surface area is 150 Å². The molecule has 0 radical (unpaired) electrons. The number of aromatic amines is 1. The van der Waals surface area contributed by atoms with E-state index in [1.807, 2.05) is 24.3 Å². The lowest BCUT2D eigenvalue weighted by Crippen LogP contribution is -2.10. The number of nitrogens with one attached hydrogen (secondary N) is 1. The average molecular weight is 367 g/mol. The first kappa shape index (κ1) is 16.6. The van der Waals surface area contributed by atoms with Crippen LogP contribution in [-0.2, 0) is 9.84 Å². The van der Waals surface area contributed by atoms with Gasteiger partial charge in [-0.1, -0.05) is 36.4 Å². The van der Waals surface area contributed by atoms with Crippen molar-refractivity contribution in [2.45, 2.75) is 9.92 Å². The molecule has 7 heteroatoms. The van der Waals surface area contributed by atoms with Gasteiger partial charge in [-0.15, -0.1) is 0 Å². The van der Waals surface area contributed by atoms with Crippen LogP contribution in [0.1, 0.15) is 0 Å². The fraction of sp³-hybridized carbons (Fsp3) is 0.105. The predicted molar refractivity (Wildman–Crippen MR) is 100 cm³/mol. The molecule has 0 amide bonds. The quantitative estimate of drug-likeness (QED) is 0.565. The van der Waals surface area contributed by atoms with Gasteiger partial charge in [-0.25, -0.2) is 8.42 Å². The molecule has 0 fully saturated rings. The number of nitrogens with zero attached hydrogens (tertiary/aromatic N) is 1. The third kappa shape index (κ3) is 2.71. The van der Waals surface area contributed by atoms with Gasteiger partial charge < -0.3 is 10.5 Å². The summed E-state index contributed by atoms with van der Waals surface area (Å²) < 4.78 is 32.0. The molecule has 26 heavy (non-hydrogen) atoms. The summed E-state index contributed by atoms with van der Waals surface area (Å²) in [5, 5.41) is 8.98. The summed E-state index contributed by atoms with van der Waals surface area (Å²) in [5.41, 5.74) is 5.96. The number of aromatic nitrogens is 2. The van der Waals surface area contributed by atoms with E-state index < -0.39 is 9.84 Å². The average Bonchev–Trinajstić information content (AvgIpc) is 3.10. The second kappa shape index (κ2) is 6.44. The minimum Gasteiger partial charge on any atom is -0.492 e. The van der Waals surface area contributed by atoms with Crippen LogP contribution in [0.4, 0.5) is 0 Å². The van der Waals surface area contributed by atoms with Gasteiger partial charge >= 0.3 is 0 Å². The van der Waals surface area contributed by atoms with Crippen LogP contribution < -0.4 is 10.5 Å². The van der Waals surface area contributed by atoms with Gasteiger partial charge in [0.25, 0.3) is 0 Å². The third-order valence-corrected chi connectivity index (χ3v) is 5.97. The van der Waals surface area contributed by atoms with Gasteiger partial charge in [0.2, 0.25) is 9.84 Å². The molecule has 0 saturated carbocycles. The van der Waals surface area contributed by atoms with Gasteiger partial charge in [0.1, 0.15) is 12.4 Å². The highest BCUT2D eigenvalue weighted by molar-refractivity contribution is 7.91. The summed E-state index contributed by atoms with van der Waals surface area (Å²) in [6.45, 7) is 0.788. The van der Waals surface area contributed by atoms with E-state index in [0.29, 0.717) is 35.2 Å². The van der Waals surface area contributed by atoms with Crippen LogP contribution in [0.25, 0.3) is 21.7 Å². The molecule has 0 unspecified atom stereocenters. The maximum Gasteiger partial charge on any atom is 0.224 e. The van der Waals surface area contributed by atoms with Crippen LogP contribution in [0.2, 0.25) is 0 Å². The number of hydrogen-bond donors (Lipinski definition) is 2. The lowest BCUT2D eigenvalue weighted by molar-refractivity contribution is 0.328. The van der Waals surface area contributed by atoms with Gasteiger partial charge in [0.15, 0.2) is 5.03 Å². The zero-order chi connectivity index (χ0) is 18.1. The van der Waals surface area contributed by atoms with Gasteiger partial charge in [-0.05, 0) is 23.6 Å². The van der Waals surface area contributed by atoms with Gasteiger partial charge in [0, 0.05) is 23.4 Å². The van der Waals surface area contributed by atoms with Crippen molar-refractivity contribution >= 4 is 31.5 Å². The molecule has 1 aromatic heterocycles. The molecule has 6 nitrogen and oxygen atoms in total. The van der Waals surface area contributed by atoms with E-state index in [1.54, 1.807) is 36.4 Å². The molecule has 4 rings (SSSR count). The summed E-state index contributed by atoms with van der Waals surface area (Å²) >= 11 is 0. The Balaban J connectivity index is 1.85. The van der Waals surface area contributed by atoms with Crippen molar-refractivity contribution in [3.63, 3.8) is 0 Å². The summed E-state index contributed by atoms with van der Waals surface area (Å²) in [6, 6.07) is 17.8. The van der Waals surface area contributed by atoms with Crippen LogP contribution in [-0.4, -0.2) is 31.8 Å². The molecule has 0 spiro atoms. The normalized spacial score (nSPS) is 11.9. The zero-order valence-electron chi connectivity index (χ0n) is 13.8. The van der Waals surface area contributed by atoms with Crippen LogP contribution in [0.5, 0.6) is 5.75 Å². The second-order valence-corrected chi connectivity index (χ2v) is 7.70. The van der Waals surface area contributed by atoms with Gasteiger partial charge in [0.05, 0.1) is 10.4 Å². The Morgan fingerprint density at radius 3 is 2.65 bits per heavy atom. The van der Waals surface area contributed by atoms with Crippen molar-refractivity contribution in [2.75, 3.05) is 13.2 Å². The van der Waals surface area contributed by atoms with Crippen molar-refractivity contribution in [3.05, 3.63) is 60.7 Å². The maximum atomic E-state index is 13.3. The molecule has 1 heterocycles. The van der Waals surface area contributed by atoms with Gasteiger partial charge in [-0.3, -0.25) is 5.10 Å². The first-order chi connectivity index (χ1) is 12.6. The lowest BCUT2D eigenvalue weighted by Gasteiger charge is -2.07. The van der Waals surface area contributed by atoms with E-state index in [0.717, 1.165) is 5.39 Å². The van der Waals surface area contributed by atoms with Crippen LogP contribution in [0, 0.1) is 0 Å². The van der Waals surface area contributed by atoms with E-state index in [2.05, 4.69) is 10.2 Å². The predicted octanol–water partition coefficient (Wildman–Crippen LogP) is 2.89. The zero-order valence-corrected chi connectivity index (χ0v) is 14.7. The maximum absolute atomic E-state index is 13.3. The molecule has 0 atom stereocenters. The van der Waals surface area contributed by atoms with E-state index in [4.69, 9.17) is 10.5 Å². The highest BCUT2D eigenvalue weighted by Crippen LogP contribution is 2.32. The number of benzene rings is 3. The number of hydrogen-bond acceptors (Lipinski definition) is 5. The Hall–Kier alpha value is -2.90. The standard InChI is InChI=1S/C19H17N3O3S/c20-10-11-25-14-8-9-16-17(12-14)21-22-19(16)26(23,24)18-7-3-5-13-4-1-2-6-15(13)18/h1-9,12H,10-11,20H2,(H,21,22). The Morgan fingerprint density at radius 2 is 1.81 bits per heavy atom. The first-order valence-electron chi connectivity index (χ1n) is 8.15. The van der Waals surface area contributed by atoms with Crippen molar-refractivity contribution in [3.8, 4) is 5.75 Å². The van der Waals surface area contributed by atoms with Crippen molar-refractivity contribution < 1.29 is 13.2 Å². The fourth-order valence-corrected chi connectivity index (χ4v) is 4.56. The monoisotopic (exact) mass is 367 g/mol. The smallest absolute Gasteiger partial charge is 0.224 e. The Morgan fingerprint density at radius 1 is 1.00 bits per heavy atom. The number of sulfone groups is 1. The van der Waals surface area contributed by atoms with Crippen molar-refractivity contribution in [2.24, 2.45) is 5.73 Å². The first-order valence-corrected chi connectivity index (χ1v) is 9.63. The summed E-state index contributed by atoms with van der Waals surface area (Å²) in [6.07, 6.45) is 0. The highest BCUT2D eigenvalue weighted by atomic mass is 32.2. The highest BCUT2D eigenvalue weighted by Gasteiger charge is 2.25. The molecule has 0 aliphatic carbocycles. The fourth-order valence-electron chi connectivity index (χ4n) is 2.98. The molecule has 3 aromatic carbocycles. The molecular weight excluding hydrogens is 350 g/mol. The largest absolute Gasteiger partial charge is 0.492 e. The van der Waals surface area contributed by atoms with E-state index in [1.165, 1.54) is 0 Å². The molecule has 3 N–H and O–H groups in total. The Kier molecular flexibility index (Phi) is 4.10. The lowest BCUT2D eigenvalue weighted by atomic mass is 10.1. The molecule has 0 bridgehead atoms. The Bertz CT molecular complexity index is 1190. The van der Waals surface area contributed by atoms with Crippen LogP contribution in [0.3, 0.4) is 0 Å². The second-order valence-electron chi connectivity index (χ2n) is 5.85. The minimum absolute atomic E-state index is 0.0780. The number of ether oxygens (including phenoxy) is 1.